The van der Waals surface area contributed by atoms with Gasteiger partial charge in [-0.25, -0.2) is 9.48 Å². The molecular weight excluding hydrogens is 370 g/mol. The second kappa shape index (κ2) is 9.14. The zero-order chi connectivity index (χ0) is 20.8. The molecule has 2 aromatic carbocycles. The molecule has 1 atom stereocenters. The van der Waals surface area contributed by atoms with Gasteiger partial charge >= 0.3 is 5.97 Å². The van der Waals surface area contributed by atoms with Gasteiger partial charge in [0.05, 0.1) is 11.4 Å². The second-order valence-electron chi connectivity index (χ2n) is 6.70. The monoisotopic (exact) mass is 393 g/mol. The van der Waals surface area contributed by atoms with Crippen LogP contribution >= 0.6 is 0 Å². The first-order chi connectivity index (χ1) is 14.0. The lowest BCUT2D eigenvalue weighted by Crippen LogP contribution is -2.32. The fraction of sp³-hybridized carbons (Fsp3) is 0.273. The van der Waals surface area contributed by atoms with Crippen LogP contribution in [0.15, 0.2) is 59.4 Å². The second-order valence-corrected chi connectivity index (χ2v) is 6.70. The number of fused-ring (bicyclic) bond motifs is 1. The normalized spacial score (nSPS) is 11.8. The maximum atomic E-state index is 12.6. The molecule has 0 spiro atoms. The fourth-order valence-corrected chi connectivity index (χ4v) is 3.06. The van der Waals surface area contributed by atoms with Crippen molar-refractivity contribution in [2.75, 3.05) is 6.61 Å². The van der Waals surface area contributed by atoms with Gasteiger partial charge < -0.3 is 10.1 Å². The maximum Gasteiger partial charge on any atom is 0.359 e. The standard InChI is InChI=1S/C22H23N3O4/c1-3-13-25-21(27)18-12-8-7-11-17(18)20(24-25)22(28)29-14-19(26)23-15(2)16-9-5-4-6-10-16/h4-12,15H,3,13-14H2,1-2H3,(H,23,26)/t15-/m1/s1. The number of nitrogens with one attached hydrogen (secondary N) is 1. The highest BCUT2D eigenvalue weighted by Crippen LogP contribution is 2.15. The Morgan fingerprint density at radius 2 is 1.72 bits per heavy atom. The van der Waals surface area contributed by atoms with Gasteiger partial charge in [0.2, 0.25) is 0 Å². The number of aromatic nitrogens is 2. The first-order valence-electron chi connectivity index (χ1n) is 9.52. The summed E-state index contributed by atoms with van der Waals surface area (Å²) in [4.78, 5) is 37.3. The molecule has 1 N–H and O–H groups in total. The Hall–Kier alpha value is -3.48. The van der Waals surface area contributed by atoms with Gasteiger partial charge in [-0.1, -0.05) is 55.5 Å². The van der Waals surface area contributed by atoms with E-state index < -0.39 is 18.5 Å². The van der Waals surface area contributed by atoms with Crippen molar-refractivity contribution in [2.45, 2.75) is 32.9 Å². The zero-order valence-corrected chi connectivity index (χ0v) is 16.4. The van der Waals surface area contributed by atoms with Gasteiger partial charge in [-0.2, -0.15) is 5.10 Å². The highest BCUT2D eigenvalue weighted by molar-refractivity contribution is 6.02. The molecule has 1 amide bonds. The molecule has 0 fully saturated rings. The van der Waals surface area contributed by atoms with Crippen LogP contribution in [0.5, 0.6) is 0 Å². The first kappa shape index (κ1) is 20.3. The predicted molar refractivity (Wildman–Crippen MR) is 110 cm³/mol. The van der Waals surface area contributed by atoms with Gasteiger partial charge in [-0.15, -0.1) is 0 Å². The van der Waals surface area contributed by atoms with Crippen LogP contribution in [0.1, 0.15) is 42.4 Å². The number of benzene rings is 2. The molecule has 29 heavy (non-hydrogen) atoms. The number of ether oxygens (including phenoxy) is 1. The largest absolute Gasteiger partial charge is 0.451 e. The van der Waals surface area contributed by atoms with Crippen LogP contribution in [0.2, 0.25) is 0 Å². The van der Waals surface area contributed by atoms with Crippen molar-refractivity contribution < 1.29 is 14.3 Å². The van der Waals surface area contributed by atoms with E-state index in [1.807, 2.05) is 44.2 Å². The number of aryl methyl sites for hydroxylation is 1. The number of carbonyl (C=O) groups is 2. The molecule has 0 unspecified atom stereocenters. The number of amides is 1. The van der Waals surface area contributed by atoms with E-state index in [-0.39, 0.29) is 17.3 Å². The number of nitrogens with zero attached hydrogens (tertiary/aromatic N) is 2. The molecule has 0 bridgehead atoms. The van der Waals surface area contributed by atoms with Crippen molar-refractivity contribution >= 4 is 22.6 Å². The van der Waals surface area contributed by atoms with Crippen LogP contribution in [0.25, 0.3) is 10.8 Å². The zero-order valence-electron chi connectivity index (χ0n) is 16.4. The minimum absolute atomic E-state index is 0.0255. The van der Waals surface area contributed by atoms with E-state index >= 15 is 0 Å². The number of rotatable bonds is 7. The van der Waals surface area contributed by atoms with E-state index in [1.54, 1.807) is 24.3 Å². The quantitative estimate of drug-likeness (QED) is 0.624. The third-order valence-corrected chi connectivity index (χ3v) is 4.51. The van der Waals surface area contributed by atoms with Crippen LogP contribution in [-0.2, 0) is 16.1 Å². The molecule has 1 heterocycles. The van der Waals surface area contributed by atoms with E-state index in [4.69, 9.17) is 4.74 Å². The van der Waals surface area contributed by atoms with E-state index in [9.17, 15) is 14.4 Å². The molecule has 0 saturated carbocycles. The van der Waals surface area contributed by atoms with Gasteiger partial charge in [-0.3, -0.25) is 9.59 Å². The highest BCUT2D eigenvalue weighted by Gasteiger charge is 2.19. The first-order valence-corrected chi connectivity index (χ1v) is 9.52. The summed E-state index contributed by atoms with van der Waals surface area (Å²) in [5.41, 5.74) is 0.720. The molecule has 3 aromatic rings. The Bertz CT molecular complexity index is 1080. The Morgan fingerprint density at radius 1 is 1.07 bits per heavy atom. The fourth-order valence-electron chi connectivity index (χ4n) is 3.06. The summed E-state index contributed by atoms with van der Waals surface area (Å²) < 4.78 is 6.44. The van der Waals surface area contributed by atoms with Gasteiger partial charge in [0.15, 0.2) is 12.3 Å². The van der Waals surface area contributed by atoms with Crippen molar-refractivity contribution in [3.63, 3.8) is 0 Å². The number of esters is 1. The Labute approximate surface area is 168 Å². The molecule has 0 radical (unpaired) electrons. The molecule has 7 nitrogen and oxygen atoms in total. The van der Waals surface area contributed by atoms with Gasteiger partial charge in [0.1, 0.15) is 0 Å². The topological polar surface area (TPSA) is 90.3 Å². The smallest absolute Gasteiger partial charge is 0.359 e. The molecule has 0 saturated heterocycles. The molecular formula is C22H23N3O4. The van der Waals surface area contributed by atoms with Crippen molar-refractivity contribution in [1.82, 2.24) is 15.1 Å². The third-order valence-electron chi connectivity index (χ3n) is 4.51. The molecule has 1 aromatic heterocycles. The molecule has 150 valence electrons. The van der Waals surface area contributed by atoms with Crippen LogP contribution in [-0.4, -0.2) is 28.3 Å². The maximum absolute atomic E-state index is 12.6. The summed E-state index contributed by atoms with van der Waals surface area (Å²) in [6.07, 6.45) is 0.694. The Kier molecular flexibility index (Phi) is 6.39. The summed E-state index contributed by atoms with van der Waals surface area (Å²) in [6, 6.07) is 16.0. The summed E-state index contributed by atoms with van der Waals surface area (Å²) in [5, 5.41) is 7.77. The lowest BCUT2D eigenvalue weighted by molar-refractivity contribution is -0.124. The summed E-state index contributed by atoms with van der Waals surface area (Å²) in [6.45, 7) is 3.72. The van der Waals surface area contributed by atoms with E-state index in [0.29, 0.717) is 23.7 Å². The van der Waals surface area contributed by atoms with Gasteiger partial charge in [0.25, 0.3) is 11.5 Å². The van der Waals surface area contributed by atoms with Crippen LogP contribution in [0.3, 0.4) is 0 Å². The average molecular weight is 393 g/mol. The van der Waals surface area contributed by atoms with Crippen molar-refractivity contribution in [3.05, 3.63) is 76.2 Å². The van der Waals surface area contributed by atoms with Crippen LogP contribution in [0.4, 0.5) is 0 Å². The van der Waals surface area contributed by atoms with Gasteiger partial charge in [0, 0.05) is 11.9 Å². The predicted octanol–water partition coefficient (Wildman–Crippen LogP) is 2.84. The lowest BCUT2D eigenvalue weighted by atomic mass is 10.1. The summed E-state index contributed by atoms with van der Waals surface area (Å²) >= 11 is 0. The van der Waals surface area contributed by atoms with Crippen LogP contribution < -0.4 is 10.9 Å². The third kappa shape index (κ3) is 4.68. The van der Waals surface area contributed by atoms with Crippen LogP contribution in [0, 0.1) is 0 Å². The van der Waals surface area contributed by atoms with E-state index in [1.165, 1.54) is 4.68 Å². The minimum Gasteiger partial charge on any atom is -0.451 e. The van der Waals surface area contributed by atoms with Crippen molar-refractivity contribution in [1.29, 1.82) is 0 Å². The van der Waals surface area contributed by atoms with E-state index in [0.717, 1.165) is 5.56 Å². The molecule has 0 aliphatic carbocycles. The number of hydrogen-bond acceptors (Lipinski definition) is 5. The minimum atomic E-state index is -0.742. The van der Waals surface area contributed by atoms with Crippen molar-refractivity contribution in [2.24, 2.45) is 0 Å². The summed E-state index contributed by atoms with van der Waals surface area (Å²) in [7, 11) is 0. The lowest BCUT2D eigenvalue weighted by Gasteiger charge is -2.14. The molecule has 3 rings (SSSR count). The van der Waals surface area contributed by atoms with Gasteiger partial charge in [-0.05, 0) is 25.0 Å². The average Bonchev–Trinajstić information content (AvgIpc) is 2.74. The number of carbonyl (C=O) groups excluding carboxylic acids is 2. The summed E-state index contributed by atoms with van der Waals surface area (Å²) in [5.74, 6) is -1.16. The number of hydrogen-bond donors (Lipinski definition) is 1. The SMILES string of the molecule is CCCn1nc(C(=O)OCC(=O)N[C@H](C)c2ccccc2)c2ccccc2c1=O. The van der Waals surface area contributed by atoms with Crippen molar-refractivity contribution in [3.8, 4) is 0 Å². The molecule has 7 heteroatoms. The Morgan fingerprint density at radius 3 is 2.41 bits per heavy atom. The molecule has 0 aliphatic heterocycles. The highest BCUT2D eigenvalue weighted by atomic mass is 16.5. The van der Waals surface area contributed by atoms with E-state index in [2.05, 4.69) is 10.4 Å². The molecule has 0 aliphatic rings. The Balaban J connectivity index is 1.74.